The molecule has 8 heteroatoms. The summed E-state index contributed by atoms with van der Waals surface area (Å²) >= 11 is 0. The van der Waals surface area contributed by atoms with E-state index in [9.17, 15) is 18.0 Å². The standard InChI is InChI=1S/C20H27NO6S/c1-13-16-11-26-18(22)15(16)5-6-17(13)28(24,25)12-14-7-9-21(10-8-14)19(23)27-20(2,3)4/h5-6,14H,7-12H2,1-4H3. The minimum Gasteiger partial charge on any atom is -0.457 e. The van der Waals surface area contributed by atoms with E-state index in [1.165, 1.54) is 12.1 Å². The molecule has 28 heavy (non-hydrogen) atoms. The van der Waals surface area contributed by atoms with E-state index in [0.717, 1.165) is 0 Å². The third-order valence-electron chi connectivity index (χ3n) is 5.17. The molecular formula is C20H27NO6S. The number of carbonyl (C=O) groups is 2. The Morgan fingerprint density at radius 3 is 2.50 bits per heavy atom. The molecule has 0 radical (unpaired) electrons. The van der Waals surface area contributed by atoms with Gasteiger partial charge in [-0.15, -0.1) is 0 Å². The lowest BCUT2D eigenvalue weighted by atomic mass is 9.99. The van der Waals surface area contributed by atoms with E-state index in [2.05, 4.69) is 0 Å². The first-order valence-electron chi connectivity index (χ1n) is 9.48. The van der Waals surface area contributed by atoms with Gasteiger partial charge < -0.3 is 14.4 Å². The van der Waals surface area contributed by atoms with Crippen LogP contribution in [0.25, 0.3) is 0 Å². The van der Waals surface area contributed by atoms with Crippen molar-refractivity contribution in [3.63, 3.8) is 0 Å². The Morgan fingerprint density at radius 1 is 1.25 bits per heavy atom. The Kier molecular flexibility index (Phi) is 5.44. The number of fused-ring (bicyclic) bond motifs is 1. The fourth-order valence-corrected chi connectivity index (χ4v) is 5.67. The number of amides is 1. The molecule has 0 unspecified atom stereocenters. The Labute approximate surface area is 165 Å². The largest absolute Gasteiger partial charge is 0.457 e. The van der Waals surface area contributed by atoms with Gasteiger partial charge >= 0.3 is 12.1 Å². The van der Waals surface area contributed by atoms with Crippen LogP contribution in [0.4, 0.5) is 4.79 Å². The molecule has 2 heterocycles. The highest BCUT2D eigenvalue weighted by Crippen LogP contribution is 2.31. The third kappa shape index (κ3) is 4.32. The van der Waals surface area contributed by atoms with Crippen LogP contribution in [0.5, 0.6) is 0 Å². The van der Waals surface area contributed by atoms with Crippen molar-refractivity contribution in [2.24, 2.45) is 5.92 Å². The summed E-state index contributed by atoms with van der Waals surface area (Å²) < 4.78 is 36.3. The summed E-state index contributed by atoms with van der Waals surface area (Å²) in [6.45, 7) is 8.28. The van der Waals surface area contributed by atoms with E-state index in [0.29, 0.717) is 42.6 Å². The molecule has 154 valence electrons. The maximum atomic E-state index is 13.0. The molecular weight excluding hydrogens is 382 g/mol. The Morgan fingerprint density at radius 2 is 1.89 bits per heavy atom. The van der Waals surface area contributed by atoms with Crippen molar-refractivity contribution in [2.45, 2.75) is 57.6 Å². The number of hydrogen-bond donors (Lipinski definition) is 0. The van der Waals surface area contributed by atoms with E-state index < -0.39 is 21.4 Å². The lowest BCUT2D eigenvalue weighted by Crippen LogP contribution is -2.42. The number of ether oxygens (including phenoxy) is 2. The van der Waals surface area contributed by atoms with Crippen LogP contribution in [-0.2, 0) is 25.9 Å². The van der Waals surface area contributed by atoms with Crippen molar-refractivity contribution < 1.29 is 27.5 Å². The van der Waals surface area contributed by atoms with Crippen LogP contribution >= 0.6 is 0 Å². The maximum absolute atomic E-state index is 13.0. The Balaban J connectivity index is 1.65. The summed E-state index contributed by atoms with van der Waals surface area (Å²) in [5.74, 6) is -0.394. The maximum Gasteiger partial charge on any atom is 0.410 e. The summed E-state index contributed by atoms with van der Waals surface area (Å²) in [6, 6.07) is 3.04. The molecule has 3 rings (SSSR count). The molecule has 0 N–H and O–H groups in total. The molecule has 1 saturated heterocycles. The number of piperidine rings is 1. The number of sulfone groups is 1. The van der Waals surface area contributed by atoms with Gasteiger partial charge in [-0.2, -0.15) is 0 Å². The second-order valence-corrected chi connectivity index (χ2v) is 10.5. The highest BCUT2D eigenvalue weighted by molar-refractivity contribution is 7.91. The van der Waals surface area contributed by atoms with Crippen molar-refractivity contribution in [2.75, 3.05) is 18.8 Å². The molecule has 0 bridgehead atoms. The summed E-state index contributed by atoms with van der Waals surface area (Å²) in [4.78, 5) is 25.7. The Bertz CT molecular complexity index is 892. The van der Waals surface area contributed by atoms with Gasteiger partial charge in [0.1, 0.15) is 12.2 Å². The third-order valence-corrected chi connectivity index (χ3v) is 7.20. The van der Waals surface area contributed by atoms with E-state index in [-0.39, 0.29) is 29.3 Å². The zero-order chi connectivity index (χ0) is 20.7. The topological polar surface area (TPSA) is 90.0 Å². The summed E-state index contributed by atoms with van der Waals surface area (Å²) in [5.41, 5.74) is 1.15. The molecule has 1 fully saturated rings. The van der Waals surface area contributed by atoms with E-state index in [4.69, 9.17) is 9.47 Å². The summed E-state index contributed by atoms with van der Waals surface area (Å²) in [7, 11) is -3.50. The lowest BCUT2D eigenvalue weighted by Gasteiger charge is -2.33. The molecule has 2 aliphatic heterocycles. The van der Waals surface area contributed by atoms with Crippen LogP contribution in [0, 0.1) is 12.8 Å². The van der Waals surface area contributed by atoms with Crippen LogP contribution in [0.3, 0.4) is 0 Å². The van der Waals surface area contributed by atoms with Crippen molar-refractivity contribution in [1.82, 2.24) is 4.90 Å². The lowest BCUT2D eigenvalue weighted by molar-refractivity contribution is 0.0190. The molecule has 0 spiro atoms. The van der Waals surface area contributed by atoms with Crippen molar-refractivity contribution in [3.05, 3.63) is 28.8 Å². The summed E-state index contributed by atoms with van der Waals surface area (Å²) in [6.07, 6.45) is 0.877. The predicted octanol–water partition coefficient (Wildman–Crippen LogP) is 3.09. The first-order valence-corrected chi connectivity index (χ1v) is 11.1. The van der Waals surface area contributed by atoms with Gasteiger partial charge in [-0.3, -0.25) is 0 Å². The molecule has 0 atom stereocenters. The number of rotatable bonds is 3. The van der Waals surface area contributed by atoms with Crippen LogP contribution in [0.1, 0.15) is 55.1 Å². The van der Waals surface area contributed by atoms with Gasteiger partial charge in [0, 0.05) is 18.7 Å². The average Bonchev–Trinajstić information content (AvgIpc) is 2.96. The number of likely N-dealkylation sites (tertiary alicyclic amines) is 1. The zero-order valence-corrected chi connectivity index (χ0v) is 17.6. The van der Waals surface area contributed by atoms with Gasteiger partial charge in [-0.05, 0) is 64.2 Å². The quantitative estimate of drug-likeness (QED) is 0.713. The van der Waals surface area contributed by atoms with Crippen LogP contribution in [0.15, 0.2) is 17.0 Å². The van der Waals surface area contributed by atoms with E-state index >= 15 is 0 Å². The highest BCUT2D eigenvalue weighted by Gasteiger charge is 2.32. The number of esters is 1. The second kappa shape index (κ2) is 7.39. The SMILES string of the molecule is Cc1c(S(=O)(=O)CC2CCN(C(=O)OC(C)(C)C)CC2)ccc2c1COC2=O. The fraction of sp³-hybridized carbons (Fsp3) is 0.600. The average molecular weight is 410 g/mol. The number of nitrogens with zero attached hydrogens (tertiary/aromatic N) is 1. The second-order valence-electron chi connectivity index (χ2n) is 8.48. The highest BCUT2D eigenvalue weighted by atomic mass is 32.2. The molecule has 1 amide bonds. The summed E-state index contributed by atoms with van der Waals surface area (Å²) in [5, 5.41) is 0. The fourth-order valence-electron chi connectivity index (χ4n) is 3.67. The van der Waals surface area contributed by atoms with Gasteiger partial charge in [0.2, 0.25) is 0 Å². The van der Waals surface area contributed by atoms with E-state index in [1.54, 1.807) is 11.8 Å². The number of carbonyl (C=O) groups excluding carboxylic acids is 2. The van der Waals surface area contributed by atoms with Gasteiger partial charge in [0.15, 0.2) is 9.84 Å². The van der Waals surface area contributed by atoms with Gasteiger partial charge in [0.25, 0.3) is 0 Å². The molecule has 0 aromatic heterocycles. The monoisotopic (exact) mass is 409 g/mol. The normalized spacial score (nSPS) is 18.0. The first kappa shape index (κ1) is 20.6. The van der Waals surface area contributed by atoms with Gasteiger partial charge in [0.05, 0.1) is 16.2 Å². The zero-order valence-electron chi connectivity index (χ0n) is 16.8. The van der Waals surface area contributed by atoms with E-state index in [1.807, 2.05) is 20.8 Å². The van der Waals surface area contributed by atoms with Crippen LogP contribution < -0.4 is 0 Å². The first-order chi connectivity index (χ1) is 13.0. The molecule has 2 aliphatic rings. The molecule has 7 nitrogen and oxygen atoms in total. The van der Waals surface area contributed by atoms with Gasteiger partial charge in [-0.25, -0.2) is 18.0 Å². The number of benzene rings is 1. The molecule has 1 aromatic carbocycles. The van der Waals surface area contributed by atoms with Crippen molar-refractivity contribution in [3.8, 4) is 0 Å². The van der Waals surface area contributed by atoms with Gasteiger partial charge in [-0.1, -0.05) is 0 Å². The molecule has 0 aliphatic carbocycles. The minimum atomic E-state index is -3.50. The molecule has 1 aromatic rings. The van der Waals surface area contributed by atoms with Crippen molar-refractivity contribution in [1.29, 1.82) is 0 Å². The van der Waals surface area contributed by atoms with Crippen LogP contribution in [0.2, 0.25) is 0 Å². The number of hydrogen-bond acceptors (Lipinski definition) is 6. The Hall–Kier alpha value is -2.09. The predicted molar refractivity (Wildman–Crippen MR) is 103 cm³/mol. The minimum absolute atomic E-state index is 0.0192. The number of cyclic esters (lactones) is 1. The van der Waals surface area contributed by atoms with Crippen molar-refractivity contribution >= 4 is 21.9 Å². The van der Waals surface area contributed by atoms with Crippen LogP contribution in [-0.4, -0.2) is 49.8 Å². The smallest absolute Gasteiger partial charge is 0.410 e. The molecule has 0 saturated carbocycles.